The number of hydrogen-bond acceptors (Lipinski definition) is 4. The van der Waals surface area contributed by atoms with Crippen LogP contribution in [0, 0.1) is 24.8 Å². The lowest BCUT2D eigenvalue weighted by Gasteiger charge is -2.30. The van der Waals surface area contributed by atoms with Crippen molar-refractivity contribution in [3.05, 3.63) is 87.7 Å². The second-order valence-electron chi connectivity index (χ2n) is 7.18. The molecule has 2 heterocycles. The molecule has 0 bridgehead atoms. The number of aromatic amines is 1. The highest BCUT2D eigenvalue weighted by molar-refractivity contribution is 5.83. The predicted octanol–water partition coefficient (Wildman–Crippen LogP) is 5.19. The Balaban J connectivity index is 1.99. The number of hydrogen-bond donors (Lipinski definition) is 2. The number of dihydropyridines is 1. The van der Waals surface area contributed by atoms with E-state index in [1.807, 2.05) is 0 Å². The molecule has 1 unspecified atom stereocenters. The maximum Gasteiger partial charge on any atom is 0.432 e. The van der Waals surface area contributed by atoms with Gasteiger partial charge >= 0.3 is 6.18 Å². The van der Waals surface area contributed by atoms with Gasteiger partial charge in [-0.1, -0.05) is 18.2 Å². The lowest BCUT2D eigenvalue weighted by atomic mass is 9.82. The largest absolute Gasteiger partial charge is 0.497 e. The molecule has 32 heavy (non-hydrogen) atoms. The summed E-state index contributed by atoms with van der Waals surface area (Å²) in [5.41, 5.74) is 0.428. The standard InChI is InChI=1S/C23H16F3N5O/c1-12-16-10-14(6-9-18(16)31-30-12)19-17(11-27)22(23(24,25)26)29-20(21(19)28-2)13-4-7-15(32-3)8-5-13/h4-10,19,29H,1,3H3,(H,30,31). The zero-order valence-corrected chi connectivity index (χ0v) is 17.0. The number of fused-ring (bicyclic) bond motifs is 1. The van der Waals surface area contributed by atoms with Crippen molar-refractivity contribution >= 4 is 16.6 Å². The molecule has 0 amide bonds. The summed E-state index contributed by atoms with van der Waals surface area (Å²) in [5.74, 6) is -0.664. The molecule has 9 heteroatoms. The first-order valence-electron chi connectivity index (χ1n) is 9.47. The predicted molar refractivity (Wildman–Crippen MR) is 112 cm³/mol. The first kappa shape index (κ1) is 21.0. The molecule has 1 aliphatic heterocycles. The highest BCUT2D eigenvalue weighted by Gasteiger charge is 2.44. The highest BCUT2D eigenvalue weighted by Crippen LogP contribution is 2.45. The average Bonchev–Trinajstić information content (AvgIpc) is 3.17. The van der Waals surface area contributed by atoms with Crippen molar-refractivity contribution in [1.29, 1.82) is 5.26 Å². The molecule has 0 saturated heterocycles. The fraction of sp³-hybridized carbons (Fsp3) is 0.174. The van der Waals surface area contributed by atoms with Gasteiger partial charge in [-0.3, -0.25) is 5.10 Å². The minimum absolute atomic E-state index is 0.000199. The van der Waals surface area contributed by atoms with Crippen molar-refractivity contribution in [3.8, 4) is 11.8 Å². The molecule has 0 aliphatic carbocycles. The van der Waals surface area contributed by atoms with Crippen molar-refractivity contribution in [2.75, 3.05) is 7.11 Å². The second-order valence-corrected chi connectivity index (χ2v) is 7.18. The lowest BCUT2D eigenvalue weighted by Crippen LogP contribution is -2.33. The minimum Gasteiger partial charge on any atom is -0.497 e. The first-order valence-corrected chi connectivity index (χ1v) is 9.47. The Hall–Kier alpha value is -4.24. The molecule has 1 atom stereocenters. The van der Waals surface area contributed by atoms with Crippen LogP contribution >= 0.6 is 0 Å². The fourth-order valence-electron chi connectivity index (χ4n) is 3.78. The molecule has 2 aromatic carbocycles. The van der Waals surface area contributed by atoms with Gasteiger partial charge in [-0.25, -0.2) is 4.85 Å². The molecule has 3 aromatic rings. The Bertz CT molecular complexity index is 1350. The molecule has 0 spiro atoms. The maximum absolute atomic E-state index is 14.0. The average molecular weight is 435 g/mol. The normalized spacial score (nSPS) is 16.5. The van der Waals surface area contributed by atoms with E-state index in [0.29, 0.717) is 27.8 Å². The molecular formula is C23H16F3N5O. The molecular weight excluding hydrogens is 419 g/mol. The number of halogens is 3. The van der Waals surface area contributed by atoms with E-state index in [1.165, 1.54) is 7.11 Å². The van der Waals surface area contributed by atoms with E-state index in [4.69, 9.17) is 11.3 Å². The van der Waals surface area contributed by atoms with Crippen molar-refractivity contribution in [1.82, 2.24) is 15.5 Å². The van der Waals surface area contributed by atoms with Gasteiger partial charge in [0.2, 0.25) is 5.70 Å². The van der Waals surface area contributed by atoms with Gasteiger partial charge in [0.15, 0.2) is 0 Å². The van der Waals surface area contributed by atoms with Gasteiger partial charge in [-0.05, 0) is 42.3 Å². The number of aromatic nitrogens is 2. The van der Waals surface area contributed by atoms with Crippen molar-refractivity contribution in [2.24, 2.45) is 0 Å². The highest BCUT2D eigenvalue weighted by atomic mass is 19.4. The van der Waals surface area contributed by atoms with E-state index in [1.54, 1.807) is 55.5 Å². The van der Waals surface area contributed by atoms with Crippen LogP contribution in [-0.2, 0) is 0 Å². The number of nitriles is 1. The number of nitrogens with one attached hydrogen (secondary N) is 2. The number of allylic oxidation sites excluding steroid dienone is 2. The third-order valence-electron chi connectivity index (χ3n) is 5.34. The Morgan fingerprint density at radius 3 is 2.50 bits per heavy atom. The van der Waals surface area contributed by atoms with E-state index in [2.05, 4.69) is 20.4 Å². The van der Waals surface area contributed by atoms with E-state index >= 15 is 0 Å². The summed E-state index contributed by atoms with van der Waals surface area (Å²) in [6.45, 7) is 9.56. The van der Waals surface area contributed by atoms with Crippen LogP contribution < -0.4 is 10.1 Å². The van der Waals surface area contributed by atoms with E-state index in [-0.39, 0.29) is 11.4 Å². The van der Waals surface area contributed by atoms with Crippen LogP contribution in [0.25, 0.3) is 21.4 Å². The van der Waals surface area contributed by atoms with Crippen LogP contribution in [0.5, 0.6) is 5.75 Å². The molecule has 0 fully saturated rings. The molecule has 6 nitrogen and oxygen atoms in total. The smallest absolute Gasteiger partial charge is 0.432 e. The number of benzene rings is 2. The third kappa shape index (κ3) is 3.44. The van der Waals surface area contributed by atoms with Crippen LogP contribution in [0.2, 0.25) is 0 Å². The number of H-pyrrole nitrogens is 1. The summed E-state index contributed by atoms with van der Waals surface area (Å²) in [6.07, 6.45) is -4.82. The quantitative estimate of drug-likeness (QED) is 0.555. The molecule has 0 saturated carbocycles. The summed E-state index contributed by atoms with van der Waals surface area (Å²) in [7, 11) is 1.48. The van der Waals surface area contributed by atoms with E-state index in [0.717, 1.165) is 5.69 Å². The first-order chi connectivity index (χ1) is 15.3. The third-order valence-corrected chi connectivity index (χ3v) is 5.34. The summed E-state index contributed by atoms with van der Waals surface area (Å²) in [5, 5.41) is 19.7. The molecule has 1 aliphatic rings. The molecule has 160 valence electrons. The van der Waals surface area contributed by atoms with Crippen molar-refractivity contribution in [3.63, 3.8) is 0 Å². The maximum atomic E-state index is 14.0. The number of ether oxygens (including phenoxy) is 1. The zero-order chi connectivity index (χ0) is 23.0. The topological polar surface area (TPSA) is 78.1 Å². The summed E-state index contributed by atoms with van der Waals surface area (Å²) < 4.78 is 47.0. The fourth-order valence-corrected chi connectivity index (χ4v) is 3.78. The molecule has 0 radical (unpaired) electrons. The summed E-state index contributed by atoms with van der Waals surface area (Å²) in [4.78, 5) is 3.57. The van der Waals surface area contributed by atoms with Gasteiger partial charge in [0.05, 0.1) is 36.8 Å². The Kier molecular flexibility index (Phi) is 5.11. The van der Waals surface area contributed by atoms with E-state index in [9.17, 15) is 18.4 Å². The summed E-state index contributed by atoms with van der Waals surface area (Å²) >= 11 is 0. The number of rotatable bonds is 3. The number of methoxy groups -OCH3 is 1. The summed E-state index contributed by atoms with van der Waals surface area (Å²) in [6, 6.07) is 13.0. The minimum atomic E-state index is -4.82. The van der Waals surface area contributed by atoms with Crippen molar-refractivity contribution < 1.29 is 17.9 Å². The Labute approximate surface area is 181 Å². The Morgan fingerprint density at radius 2 is 1.91 bits per heavy atom. The van der Waals surface area contributed by atoms with Crippen LogP contribution in [0.1, 0.15) is 22.7 Å². The van der Waals surface area contributed by atoms with Crippen molar-refractivity contribution in [2.45, 2.75) is 19.0 Å². The Morgan fingerprint density at radius 1 is 1.19 bits per heavy atom. The molecule has 1 aromatic heterocycles. The number of aryl methyl sites for hydroxylation is 1. The van der Waals surface area contributed by atoms with Gasteiger partial charge in [-0.15, -0.1) is 0 Å². The van der Waals surface area contributed by atoms with Crippen LogP contribution in [0.3, 0.4) is 0 Å². The second kappa shape index (κ2) is 7.78. The van der Waals surface area contributed by atoms with Crippen LogP contribution in [0.15, 0.2) is 59.4 Å². The lowest BCUT2D eigenvalue weighted by molar-refractivity contribution is -0.0962. The SMILES string of the molecule is [C-]#[N+]C1=C(c2ccc(OC)cc2)NC(C(F)(F)F)=C(C#N)C1c1ccc2n[nH]c(C)c2c1. The van der Waals surface area contributed by atoms with Crippen LogP contribution in [-0.4, -0.2) is 23.5 Å². The zero-order valence-electron chi connectivity index (χ0n) is 17.0. The molecule has 2 N–H and O–H groups in total. The molecule has 4 rings (SSSR count). The van der Waals surface area contributed by atoms with Gasteiger partial charge in [0.1, 0.15) is 11.4 Å². The van der Waals surface area contributed by atoms with Gasteiger partial charge in [-0.2, -0.15) is 23.5 Å². The number of nitrogens with zero attached hydrogens (tertiary/aromatic N) is 3. The van der Waals surface area contributed by atoms with E-state index < -0.39 is 23.4 Å². The monoisotopic (exact) mass is 435 g/mol. The number of alkyl halides is 3. The van der Waals surface area contributed by atoms with Gasteiger partial charge < -0.3 is 10.1 Å². The van der Waals surface area contributed by atoms with Gasteiger partial charge in [0.25, 0.3) is 0 Å². The van der Waals surface area contributed by atoms with Crippen LogP contribution in [0.4, 0.5) is 13.2 Å². The van der Waals surface area contributed by atoms with Gasteiger partial charge in [0, 0.05) is 16.8 Å².